The van der Waals surface area contributed by atoms with E-state index in [0.717, 1.165) is 23.1 Å². The van der Waals surface area contributed by atoms with Gasteiger partial charge in [-0.2, -0.15) is 0 Å². The number of carbonyl (C=O) groups excluding carboxylic acids is 1. The quantitative estimate of drug-likeness (QED) is 0.886. The summed E-state index contributed by atoms with van der Waals surface area (Å²) in [7, 11) is 6.00. The molecule has 2 aromatic carbocycles. The fraction of sp³-hybridized carbons (Fsp3) is 0.350. The van der Waals surface area contributed by atoms with Crippen LogP contribution in [0.5, 0.6) is 0 Å². The molecule has 1 aliphatic rings. The lowest BCUT2D eigenvalue weighted by atomic mass is 10.0. The van der Waals surface area contributed by atoms with Crippen molar-refractivity contribution in [3.8, 4) is 11.1 Å². The van der Waals surface area contributed by atoms with Crippen molar-refractivity contribution in [1.29, 1.82) is 0 Å². The Morgan fingerprint density at radius 2 is 1.76 bits per heavy atom. The van der Waals surface area contributed by atoms with Crippen LogP contribution in [0.25, 0.3) is 11.1 Å². The number of halogens is 1. The first-order valence-electron chi connectivity index (χ1n) is 8.33. The molecule has 134 valence electrons. The number of ether oxygens (including phenoxy) is 1. The van der Waals surface area contributed by atoms with Gasteiger partial charge in [-0.05, 0) is 62.5 Å². The highest BCUT2D eigenvalue weighted by atomic mass is 35.5. The van der Waals surface area contributed by atoms with Gasteiger partial charge >= 0.3 is 0 Å². The topological polar surface area (TPSA) is 41.6 Å². The maximum atomic E-state index is 12.1. The smallest absolute Gasteiger partial charge is 0.253 e. The molecule has 0 aliphatic carbocycles. The number of nitrogens with zero attached hydrogens (tertiary/aromatic N) is 1. The van der Waals surface area contributed by atoms with Crippen molar-refractivity contribution in [3.05, 3.63) is 59.1 Å². The summed E-state index contributed by atoms with van der Waals surface area (Å²) in [6, 6.07) is 15.5. The van der Waals surface area contributed by atoms with Crippen molar-refractivity contribution in [3.63, 3.8) is 0 Å². The first-order valence-corrected chi connectivity index (χ1v) is 8.71. The van der Waals surface area contributed by atoms with Crippen LogP contribution in [0.2, 0.25) is 5.02 Å². The summed E-state index contributed by atoms with van der Waals surface area (Å²) >= 11 is 5.92. The molecule has 0 aromatic heterocycles. The van der Waals surface area contributed by atoms with Crippen molar-refractivity contribution in [2.75, 3.05) is 34.3 Å². The van der Waals surface area contributed by atoms with Crippen LogP contribution in [-0.2, 0) is 9.53 Å². The Morgan fingerprint density at radius 1 is 1.08 bits per heavy atom. The lowest BCUT2D eigenvalue weighted by Crippen LogP contribution is -2.28. The minimum atomic E-state index is -0.528. The SMILES string of the molecule is CN(C)C.O=C1NCCCOC1c1cccc(-c2ccc(Cl)cc2)c1. The number of carbonyl (C=O) groups is 1. The molecule has 0 saturated carbocycles. The molecule has 1 unspecified atom stereocenters. The van der Waals surface area contributed by atoms with E-state index in [1.807, 2.05) is 74.6 Å². The molecule has 25 heavy (non-hydrogen) atoms. The maximum Gasteiger partial charge on any atom is 0.253 e. The minimum absolute atomic E-state index is 0.0687. The molecule has 1 saturated heterocycles. The van der Waals surface area contributed by atoms with E-state index in [2.05, 4.69) is 5.32 Å². The number of hydrogen-bond acceptors (Lipinski definition) is 3. The summed E-state index contributed by atoms with van der Waals surface area (Å²) in [4.78, 5) is 14.1. The predicted molar refractivity (Wildman–Crippen MR) is 103 cm³/mol. The molecule has 1 amide bonds. The Morgan fingerprint density at radius 3 is 2.44 bits per heavy atom. The number of hydrogen-bond donors (Lipinski definition) is 1. The lowest BCUT2D eigenvalue weighted by Gasteiger charge is -2.15. The van der Waals surface area contributed by atoms with Gasteiger partial charge in [-0.1, -0.05) is 41.9 Å². The second-order valence-corrected chi connectivity index (χ2v) is 6.81. The summed E-state index contributed by atoms with van der Waals surface area (Å²) in [6.45, 7) is 1.26. The minimum Gasteiger partial charge on any atom is -0.364 e. The fourth-order valence-corrected chi connectivity index (χ4v) is 2.55. The van der Waals surface area contributed by atoms with Crippen LogP contribution in [0.3, 0.4) is 0 Å². The van der Waals surface area contributed by atoms with Gasteiger partial charge in [0.05, 0.1) is 0 Å². The van der Waals surface area contributed by atoms with Crippen LogP contribution >= 0.6 is 11.6 Å². The molecule has 1 aliphatic heterocycles. The van der Waals surface area contributed by atoms with Gasteiger partial charge in [-0.3, -0.25) is 4.79 Å². The molecule has 5 heteroatoms. The Kier molecular flexibility index (Phi) is 7.44. The van der Waals surface area contributed by atoms with Crippen LogP contribution in [0.4, 0.5) is 0 Å². The molecule has 1 fully saturated rings. The van der Waals surface area contributed by atoms with Gasteiger partial charge in [-0.25, -0.2) is 0 Å². The number of amides is 1. The molecule has 4 nitrogen and oxygen atoms in total. The fourth-order valence-electron chi connectivity index (χ4n) is 2.42. The normalized spacial score (nSPS) is 17.3. The second-order valence-electron chi connectivity index (χ2n) is 6.37. The van der Waals surface area contributed by atoms with Gasteiger partial charge in [-0.15, -0.1) is 0 Å². The van der Waals surface area contributed by atoms with E-state index < -0.39 is 6.10 Å². The summed E-state index contributed by atoms with van der Waals surface area (Å²) in [5.74, 6) is -0.0687. The van der Waals surface area contributed by atoms with Gasteiger partial charge in [0.2, 0.25) is 0 Å². The monoisotopic (exact) mass is 360 g/mol. The van der Waals surface area contributed by atoms with Gasteiger partial charge in [0.15, 0.2) is 6.10 Å². The first-order chi connectivity index (χ1) is 12.0. The van der Waals surface area contributed by atoms with Crippen molar-refractivity contribution in [2.45, 2.75) is 12.5 Å². The molecule has 1 atom stereocenters. The molecular formula is C20H25ClN2O2. The third kappa shape index (κ3) is 6.16. The van der Waals surface area contributed by atoms with Crippen LogP contribution in [0.15, 0.2) is 48.5 Å². The van der Waals surface area contributed by atoms with E-state index in [1.165, 1.54) is 0 Å². The van der Waals surface area contributed by atoms with Crippen LogP contribution < -0.4 is 5.32 Å². The van der Waals surface area contributed by atoms with Crippen molar-refractivity contribution in [1.82, 2.24) is 10.2 Å². The van der Waals surface area contributed by atoms with Gasteiger partial charge in [0.1, 0.15) is 0 Å². The third-order valence-electron chi connectivity index (χ3n) is 3.51. The van der Waals surface area contributed by atoms with E-state index >= 15 is 0 Å². The second kappa shape index (κ2) is 9.56. The standard InChI is InChI=1S/C17H16ClNO2.C3H9N/c18-15-7-5-12(6-8-15)13-3-1-4-14(11-13)16-17(20)19-9-2-10-21-16;1-4(2)3/h1,3-8,11,16H,2,9-10H2,(H,19,20);1-3H3. The van der Waals surface area contributed by atoms with Crippen molar-refractivity contribution >= 4 is 17.5 Å². The van der Waals surface area contributed by atoms with Gasteiger partial charge in [0.25, 0.3) is 5.91 Å². The molecule has 1 N–H and O–H groups in total. The largest absolute Gasteiger partial charge is 0.364 e. The molecule has 3 rings (SSSR count). The predicted octanol–water partition coefficient (Wildman–Crippen LogP) is 3.76. The summed E-state index contributed by atoms with van der Waals surface area (Å²) in [6.07, 6.45) is 0.318. The Bertz CT molecular complexity index is 684. The van der Waals surface area contributed by atoms with E-state index in [4.69, 9.17) is 16.3 Å². The highest BCUT2D eigenvalue weighted by Gasteiger charge is 2.23. The van der Waals surface area contributed by atoms with E-state index in [1.54, 1.807) is 0 Å². The third-order valence-corrected chi connectivity index (χ3v) is 3.76. The van der Waals surface area contributed by atoms with Crippen LogP contribution in [0, 0.1) is 0 Å². The zero-order valence-electron chi connectivity index (χ0n) is 15.0. The highest BCUT2D eigenvalue weighted by molar-refractivity contribution is 6.30. The molecule has 0 radical (unpaired) electrons. The molecule has 0 spiro atoms. The summed E-state index contributed by atoms with van der Waals surface area (Å²) in [5.41, 5.74) is 2.99. The summed E-state index contributed by atoms with van der Waals surface area (Å²) < 4.78 is 5.68. The lowest BCUT2D eigenvalue weighted by molar-refractivity contribution is -0.131. The van der Waals surface area contributed by atoms with Crippen LogP contribution in [-0.4, -0.2) is 45.1 Å². The molecular weight excluding hydrogens is 336 g/mol. The van der Waals surface area contributed by atoms with E-state index in [0.29, 0.717) is 18.2 Å². The van der Waals surface area contributed by atoms with Crippen LogP contribution in [0.1, 0.15) is 18.1 Å². The Balaban J connectivity index is 0.000000511. The van der Waals surface area contributed by atoms with Gasteiger partial charge in [0, 0.05) is 18.2 Å². The number of nitrogens with one attached hydrogen (secondary N) is 1. The zero-order chi connectivity index (χ0) is 18.2. The first kappa shape index (κ1) is 19.4. The summed E-state index contributed by atoms with van der Waals surface area (Å²) in [5, 5.41) is 3.59. The van der Waals surface area contributed by atoms with E-state index in [9.17, 15) is 4.79 Å². The average molecular weight is 361 g/mol. The maximum absolute atomic E-state index is 12.1. The Hall–Kier alpha value is -1.88. The Labute approximate surface area is 154 Å². The average Bonchev–Trinajstić information content (AvgIpc) is 2.80. The molecule has 2 aromatic rings. The molecule has 0 bridgehead atoms. The number of rotatable bonds is 2. The van der Waals surface area contributed by atoms with Crippen molar-refractivity contribution in [2.24, 2.45) is 0 Å². The highest BCUT2D eigenvalue weighted by Crippen LogP contribution is 2.27. The zero-order valence-corrected chi connectivity index (χ0v) is 15.7. The van der Waals surface area contributed by atoms with Crippen molar-refractivity contribution < 1.29 is 9.53 Å². The van der Waals surface area contributed by atoms with Gasteiger partial charge < -0.3 is 15.0 Å². The molecule has 1 heterocycles. The number of benzene rings is 2. The van der Waals surface area contributed by atoms with E-state index in [-0.39, 0.29) is 5.91 Å².